The van der Waals surface area contributed by atoms with Gasteiger partial charge in [0.2, 0.25) is 0 Å². The van der Waals surface area contributed by atoms with Gasteiger partial charge < -0.3 is 0 Å². The molecule has 1 N–H and O–H groups in total. The van der Waals surface area contributed by atoms with Gasteiger partial charge in [-0.1, -0.05) is 0 Å². The van der Waals surface area contributed by atoms with Crippen molar-refractivity contribution in [3.05, 3.63) is 61.2 Å². The Morgan fingerprint density at radius 1 is 1.04 bits per heavy atom. The van der Waals surface area contributed by atoms with Crippen molar-refractivity contribution in [1.82, 2.24) is 0 Å². The van der Waals surface area contributed by atoms with Gasteiger partial charge in [-0.25, -0.2) is 0 Å². The van der Waals surface area contributed by atoms with Crippen molar-refractivity contribution in [2.75, 3.05) is 6.61 Å². The van der Waals surface area contributed by atoms with Crippen molar-refractivity contribution in [2.45, 2.75) is 17.1 Å². The van der Waals surface area contributed by atoms with Crippen LogP contribution in [0.2, 0.25) is 0 Å². The Labute approximate surface area is 149 Å². The second kappa shape index (κ2) is 7.12. The molecule has 0 radical (unpaired) electrons. The van der Waals surface area contributed by atoms with Crippen LogP contribution in [0.5, 0.6) is 5.75 Å². The SMILES string of the molecule is CCOc1ccc([I-](F)(c2ccc(C)cc2)C(F)(F)S(=O)(=O)O)cc1. The second-order valence-electron chi connectivity index (χ2n) is 5.10. The van der Waals surface area contributed by atoms with Crippen LogP contribution >= 0.6 is 0 Å². The van der Waals surface area contributed by atoms with E-state index in [9.17, 15) is 17.2 Å². The van der Waals surface area contributed by atoms with Gasteiger partial charge in [0.25, 0.3) is 0 Å². The van der Waals surface area contributed by atoms with Gasteiger partial charge in [-0.2, -0.15) is 0 Å². The molecule has 0 aromatic heterocycles. The summed E-state index contributed by atoms with van der Waals surface area (Å²) in [6.07, 6.45) is 0. The first-order valence-electron chi connectivity index (χ1n) is 7.15. The molecule has 0 heterocycles. The van der Waals surface area contributed by atoms with Crippen LogP contribution in [0, 0.1) is 14.1 Å². The molecule has 1 unspecified atom stereocenters. The fraction of sp³-hybridized carbons (Fsp3) is 0.250. The van der Waals surface area contributed by atoms with Gasteiger partial charge in [-0.05, 0) is 0 Å². The van der Waals surface area contributed by atoms with Crippen LogP contribution in [0.15, 0.2) is 48.5 Å². The molecule has 0 aliphatic carbocycles. The van der Waals surface area contributed by atoms with Crippen LogP contribution < -0.4 is 23.7 Å². The van der Waals surface area contributed by atoms with Gasteiger partial charge in [0, 0.05) is 0 Å². The van der Waals surface area contributed by atoms with Crippen molar-refractivity contribution in [3.63, 3.8) is 0 Å². The molecule has 25 heavy (non-hydrogen) atoms. The van der Waals surface area contributed by atoms with Crippen molar-refractivity contribution in [3.8, 4) is 5.75 Å². The summed E-state index contributed by atoms with van der Waals surface area (Å²) in [7, 11) is -5.95. The number of alkyl halides is 3. The van der Waals surface area contributed by atoms with Crippen LogP contribution in [0.3, 0.4) is 0 Å². The molecule has 1 atom stereocenters. The molecule has 2 aromatic carbocycles. The molecule has 2 rings (SSSR count). The molecule has 0 aliphatic heterocycles. The minimum absolute atomic E-state index is 0.333. The molecular weight excluding hydrogens is 472 g/mol. The van der Waals surface area contributed by atoms with E-state index in [2.05, 4.69) is 0 Å². The third kappa shape index (κ3) is 3.63. The quantitative estimate of drug-likeness (QED) is 0.373. The minimum atomic E-state index is -6.22. The van der Waals surface area contributed by atoms with Crippen molar-refractivity contribution < 1.29 is 48.4 Å². The number of benzene rings is 2. The average molecular weight is 489 g/mol. The van der Waals surface area contributed by atoms with Crippen LogP contribution in [0.4, 0.5) is 11.6 Å². The van der Waals surface area contributed by atoms with Crippen molar-refractivity contribution in [2.24, 2.45) is 0 Å². The molecule has 0 saturated heterocycles. The van der Waals surface area contributed by atoms with E-state index in [-0.39, 0.29) is 0 Å². The van der Waals surface area contributed by atoms with E-state index in [0.717, 1.165) is 24.3 Å². The van der Waals surface area contributed by atoms with Crippen molar-refractivity contribution >= 4 is 10.1 Å². The third-order valence-corrected chi connectivity index (χ3v) is 13.6. The Morgan fingerprint density at radius 3 is 1.88 bits per heavy atom. The first kappa shape index (κ1) is 20.0. The summed E-state index contributed by atoms with van der Waals surface area (Å²) in [5.74, 6) is 0.341. The Balaban J connectivity index is 2.70. The molecule has 2 aromatic rings. The molecule has 0 amide bonds. The average Bonchev–Trinajstić information content (AvgIpc) is 2.54. The predicted molar refractivity (Wildman–Crippen MR) is 83.8 cm³/mol. The van der Waals surface area contributed by atoms with Gasteiger partial charge in [0.15, 0.2) is 0 Å². The van der Waals surface area contributed by atoms with E-state index < -0.39 is 39.5 Å². The standard InChI is InChI=1S/C16H17F3IO4S/c1-3-24-15-10-8-14(9-11-15)20(19,16(17,18)25(21,22)23)13-6-4-12(2)5-7-13/h4-11H,3H2,1-2H3,(H,21,22,23)/q-1. The van der Waals surface area contributed by atoms with Crippen LogP contribution in [-0.4, -0.2) is 22.8 Å². The number of rotatable bonds is 6. The van der Waals surface area contributed by atoms with Gasteiger partial charge in [-0.15, -0.1) is 0 Å². The van der Waals surface area contributed by atoms with E-state index >= 15 is 2.86 Å². The first-order valence-corrected chi connectivity index (χ1v) is 12.6. The van der Waals surface area contributed by atoms with E-state index in [1.807, 2.05) is 0 Å². The molecule has 0 fully saturated rings. The Hall–Kier alpha value is -1.33. The maximum atomic E-state index is 15.8. The predicted octanol–water partition coefficient (Wildman–Crippen LogP) is 0.916. The monoisotopic (exact) mass is 489 g/mol. The van der Waals surface area contributed by atoms with Crippen LogP contribution in [0.25, 0.3) is 0 Å². The van der Waals surface area contributed by atoms with E-state index in [1.165, 1.54) is 24.3 Å². The van der Waals surface area contributed by atoms with E-state index in [0.29, 0.717) is 17.9 Å². The van der Waals surface area contributed by atoms with E-state index in [1.54, 1.807) is 13.8 Å². The zero-order chi connectivity index (χ0) is 18.9. The Morgan fingerprint density at radius 2 is 1.48 bits per heavy atom. The zero-order valence-corrected chi connectivity index (χ0v) is 16.4. The first-order chi connectivity index (χ1) is 11.5. The summed E-state index contributed by atoms with van der Waals surface area (Å²) in [6.45, 7) is 3.75. The molecule has 9 heteroatoms. The molecule has 0 bridgehead atoms. The van der Waals surface area contributed by atoms with E-state index in [4.69, 9.17) is 9.29 Å². The van der Waals surface area contributed by atoms with Gasteiger partial charge in [0.05, 0.1) is 0 Å². The molecule has 0 spiro atoms. The molecule has 0 saturated carbocycles. The van der Waals surface area contributed by atoms with Crippen LogP contribution in [0.1, 0.15) is 12.5 Å². The fourth-order valence-corrected chi connectivity index (χ4v) is 10.7. The molecule has 4 nitrogen and oxygen atoms in total. The topological polar surface area (TPSA) is 63.6 Å². The number of hydrogen-bond donors (Lipinski definition) is 1. The van der Waals surface area contributed by atoms with Gasteiger partial charge >= 0.3 is 149 Å². The fourth-order valence-electron chi connectivity index (χ4n) is 2.09. The molecular formula is C16H17F3IO4S-. The maximum absolute atomic E-state index is 15.8. The third-order valence-electron chi connectivity index (χ3n) is 3.33. The molecule has 0 aliphatic rings. The van der Waals surface area contributed by atoms with Crippen LogP contribution in [-0.2, 0) is 10.1 Å². The number of hydrogen-bond acceptors (Lipinski definition) is 3. The summed E-state index contributed by atoms with van der Waals surface area (Å²) in [5, 5.41) is 0. The van der Waals surface area contributed by atoms with Gasteiger partial charge in [-0.3, -0.25) is 0 Å². The number of halogens is 4. The van der Waals surface area contributed by atoms with Gasteiger partial charge in [0.1, 0.15) is 0 Å². The molecule has 140 valence electrons. The zero-order valence-electron chi connectivity index (χ0n) is 13.4. The Kier molecular flexibility index (Phi) is 5.69. The number of ether oxygens (including phenoxy) is 1. The number of aryl methyl sites for hydroxylation is 1. The summed E-state index contributed by atoms with van der Waals surface area (Å²) in [4.78, 5) is 0. The summed E-state index contributed by atoms with van der Waals surface area (Å²) < 4.78 is 75.9. The Bertz CT molecular complexity index is 839. The summed E-state index contributed by atoms with van der Waals surface area (Å²) in [5.41, 5.74) is 0.703. The van der Waals surface area contributed by atoms with Crippen molar-refractivity contribution in [1.29, 1.82) is 0 Å². The summed E-state index contributed by atoms with van der Waals surface area (Å²) >= 11 is -6.22. The normalized spacial score (nSPS) is 16.1. The summed E-state index contributed by atoms with van der Waals surface area (Å²) in [6, 6.07) is 9.88. The second-order valence-corrected chi connectivity index (χ2v) is 14.0.